The van der Waals surface area contributed by atoms with Gasteiger partial charge in [-0.2, -0.15) is 0 Å². The normalized spacial score (nSPS) is 13.6. The highest BCUT2D eigenvalue weighted by Gasteiger charge is 2.20. The van der Waals surface area contributed by atoms with Crippen LogP contribution < -0.4 is 5.32 Å². The van der Waals surface area contributed by atoms with Crippen molar-refractivity contribution in [2.75, 3.05) is 6.54 Å². The van der Waals surface area contributed by atoms with Crippen LogP contribution in [0.2, 0.25) is 0 Å². The maximum Gasteiger partial charge on any atom is 0.00438 e. The fourth-order valence-corrected chi connectivity index (χ4v) is 2.46. The molecule has 0 aliphatic carbocycles. The molecule has 0 bridgehead atoms. The molecule has 0 heterocycles. The minimum atomic E-state index is 0.480. The van der Waals surface area contributed by atoms with E-state index in [1.807, 2.05) is 6.08 Å². The van der Waals surface area contributed by atoms with E-state index in [1.54, 1.807) is 0 Å². The van der Waals surface area contributed by atoms with Crippen LogP contribution in [0, 0.1) is 5.41 Å². The molecule has 1 atom stereocenters. The zero-order chi connectivity index (χ0) is 13.1. The lowest BCUT2D eigenvalue weighted by Crippen LogP contribution is -2.31. The molecule has 0 aromatic carbocycles. The fraction of sp³-hybridized carbons (Fsp3) is 0.875. The van der Waals surface area contributed by atoms with Gasteiger partial charge in [-0.25, -0.2) is 0 Å². The van der Waals surface area contributed by atoms with E-state index in [4.69, 9.17) is 0 Å². The van der Waals surface area contributed by atoms with Crippen LogP contribution in [0.1, 0.15) is 72.6 Å². The summed E-state index contributed by atoms with van der Waals surface area (Å²) in [6.45, 7) is 14.3. The van der Waals surface area contributed by atoms with Crippen LogP contribution in [0.25, 0.3) is 0 Å². The van der Waals surface area contributed by atoms with E-state index in [0.29, 0.717) is 11.5 Å². The monoisotopic (exact) mass is 239 g/mol. The Morgan fingerprint density at radius 2 is 1.94 bits per heavy atom. The smallest absolute Gasteiger partial charge is 0.00438 e. The van der Waals surface area contributed by atoms with E-state index in [2.05, 4.69) is 39.6 Å². The molecule has 0 aromatic rings. The molecule has 0 saturated carbocycles. The summed E-state index contributed by atoms with van der Waals surface area (Å²) in [5.74, 6) is 0. The zero-order valence-corrected chi connectivity index (χ0v) is 12.5. The first kappa shape index (κ1) is 16.7. The summed E-state index contributed by atoms with van der Waals surface area (Å²) in [6.07, 6.45) is 11.1. The fourth-order valence-electron chi connectivity index (χ4n) is 2.46. The van der Waals surface area contributed by atoms with Gasteiger partial charge in [0.25, 0.3) is 0 Å². The average molecular weight is 239 g/mol. The molecule has 1 nitrogen and oxygen atoms in total. The van der Waals surface area contributed by atoms with Crippen molar-refractivity contribution < 1.29 is 0 Å². The Morgan fingerprint density at radius 1 is 1.24 bits per heavy atom. The summed E-state index contributed by atoms with van der Waals surface area (Å²) in [4.78, 5) is 0. The molecule has 0 fully saturated rings. The van der Waals surface area contributed by atoms with Gasteiger partial charge in [-0.15, -0.1) is 6.58 Å². The minimum Gasteiger partial charge on any atom is -0.314 e. The lowest BCUT2D eigenvalue weighted by Gasteiger charge is -2.28. The molecule has 0 rings (SSSR count). The van der Waals surface area contributed by atoms with Crippen LogP contribution in [-0.2, 0) is 0 Å². The topological polar surface area (TPSA) is 12.0 Å². The first-order chi connectivity index (χ1) is 8.02. The lowest BCUT2D eigenvalue weighted by molar-refractivity contribution is 0.259. The Hall–Kier alpha value is -0.300. The van der Waals surface area contributed by atoms with Crippen LogP contribution in [-0.4, -0.2) is 12.6 Å². The van der Waals surface area contributed by atoms with Crippen LogP contribution in [0.15, 0.2) is 12.7 Å². The van der Waals surface area contributed by atoms with E-state index < -0.39 is 0 Å². The van der Waals surface area contributed by atoms with Gasteiger partial charge < -0.3 is 5.32 Å². The van der Waals surface area contributed by atoms with Gasteiger partial charge in [-0.05, 0) is 51.0 Å². The van der Waals surface area contributed by atoms with Crippen LogP contribution >= 0.6 is 0 Å². The van der Waals surface area contributed by atoms with Crippen LogP contribution in [0.5, 0.6) is 0 Å². The third-order valence-corrected chi connectivity index (χ3v) is 3.36. The highest BCUT2D eigenvalue weighted by Crippen LogP contribution is 2.29. The number of unbranched alkanes of at least 4 members (excludes halogenated alkanes) is 3. The predicted molar refractivity (Wildman–Crippen MR) is 79.4 cm³/mol. The standard InChI is InChI=1S/C16H33N/c1-6-8-9-10-11-12-16(4,5)14-15(3)17-13-7-2/h6,15,17H,1,7-14H2,2-5H3. The Kier molecular flexibility index (Phi) is 9.53. The van der Waals surface area contributed by atoms with Crippen molar-refractivity contribution in [3.63, 3.8) is 0 Å². The molecule has 1 unspecified atom stereocenters. The van der Waals surface area contributed by atoms with Crippen molar-refractivity contribution in [2.45, 2.75) is 78.7 Å². The van der Waals surface area contributed by atoms with Gasteiger partial charge in [0.2, 0.25) is 0 Å². The van der Waals surface area contributed by atoms with Crippen LogP contribution in [0.4, 0.5) is 0 Å². The van der Waals surface area contributed by atoms with Crippen molar-refractivity contribution in [1.29, 1.82) is 0 Å². The van der Waals surface area contributed by atoms with Gasteiger partial charge in [0.15, 0.2) is 0 Å². The van der Waals surface area contributed by atoms with Crippen molar-refractivity contribution >= 4 is 0 Å². The third kappa shape index (κ3) is 10.6. The molecule has 0 aliphatic heterocycles. The summed E-state index contributed by atoms with van der Waals surface area (Å²) >= 11 is 0. The number of allylic oxidation sites excluding steroid dienone is 1. The SMILES string of the molecule is C=CCCCCCC(C)(C)CC(C)NCCC. The predicted octanol–water partition coefficient (Wildman–Crippen LogP) is 4.93. The van der Waals surface area contributed by atoms with E-state index in [1.165, 1.54) is 44.9 Å². The summed E-state index contributed by atoms with van der Waals surface area (Å²) in [5, 5.41) is 3.59. The second kappa shape index (κ2) is 9.70. The summed E-state index contributed by atoms with van der Waals surface area (Å²) in [5.41, 5.74) is 0.480. The highest BCUT2D eigenvalue weighted by molar-refractivity contribution is 4.75. The second-order valence-electron chi connectivity index (χ2n) is 6.11. The molecule has 0 radical (unpaired) electrons. The van der Waals surface area contributed by atoms with E-state index >= 15 is 0 Å². The molecule has 1 heteroatoms. The van der Waals surface area contributed by atoms with Gasteiger partial charge in [0, 0.05) is 6.04 Å². The molecule has 0 aromatic heterocycles. The third-order valence-electron chi connectivity index (χ3n) is 3.36. The molecular weight excluding hydrogens is 206 g/mol. The van der Waals surface area contributed by atoms with E-state index in [0.717, 1.165) is 6.54 Å². The van der Waals surface area contributed by atoms with Gasteiger partial charge in [0.05, 0.1) is 0 Å². The minimum absolute atomic E-state index is 0.480. The molecule has 0 amide bonds. The maximum atomic E-state index is 3.77. The second-order valence-corrected chi connectivity index (χ2v) is 6.11. The Labute approximate surface area is 109 Å². The highest BCUT2D eigenvalue weighted by atomic mass is 14.9. The van der Waals surface area contributed by atoms with Gasteiger partial charge in [-0.1, -0.05) is 39.7 Å². The molecular formula is C16H33N. The van der Waals surface area contributed by atoms with Gasteiger partial charge >= 0.3 is 0 Å². The lowest BCUT2D eigenvalue weighted by atomic mass is 9.81. The molecule has 0 spiro atoms. The van der Waals surface area contributed by atoms with Gasteiger partial charge in [-0.3, -0.25) is 0 Å². The first-order valence-corrected chi connectivity index (χ1v) is 7.36. The molecule has 102 valence electrons. The quantitative estimate of drug-likeness (QED) is 0.398. The molecule has 1 N–H and O–H groups in total. The average Bonchev–Trinajstić information content (AvgIpc) is 2.25. The molecule has 0 aliphatic rings. The zero-order valence-electron chi connectivity index (χ0n) is 12.5. The Bertz CT molecular complexity index is 184. The largest absolute Gasteiger partial charge is 0.314 e. The van der Waals surface area contributed by atoms with E-state index in [9.17, 15) is 0 Å². The summed E-state index contributed by atoms with van der Waals surface area (Å²) < 4.78 is 0. The number of hydrogen-bond acceptors (Lipinski definition) is 1. The van der Waals surface area contributed by atoms with Crippen molar-refractivity contribution in [2.24, 2.45) is 5.41 Å². The van der Waals surface area contributed by atoms with E-state index in [-0.39, 0.29) is 0 Å². The Morgan fingerprint density at radius 3 is 2.53 bits per heavy atom. The van der Waals surface area contributed by atoms with Crippen molar-refractivity contribution in [3.8, 4) is 0 Å². The molecule has 17 heavy (non-hydrogen) atoms. The van der Waals surface area contributed by atoms with Gasteiger partial charge in [0.1, 0.15) is 0 Å². The number of hydrogen-bond donors (Lipinski definition) is 1. The summed E-state index contributed by atoms with van der Waals surface area (Å²) in [7, 11) is 0. The number of nitrogens with one attached hydrogen (secondary N) is 1. The molecule has 0 saturated heterocycles. The number of rotatable bonds is 11. The summed E-state index contributed by atoms with van der Waals surface area (Å²) in [6, 6.07) is 0.651. The van der Waals surface area contributed by atoms with Crippen molar-refractivity contribution in [3.05, 3.63) is 12.7 Å². The first-order valence-electron chi connectivity index (χ1n) is 7.36. The van der Waals surface area contributed by atoms with Crippen LogP contribution in [0.3, 0.4) is 0 Å². The maximum absolute atomic E-state index is 3.77. The van der Waals surface area contributed by atoms with Crippen molar-refractivity contribution in [1.82, 2.24) is 5.32 Å². The Balaban J connectivity index is 3.66.